The normalized spacial score (nSPS) is 12.2. The second-order valence-corrected chi connectivity index (χ2v) is 4.73. The molecule has 0 aromatic heterocycles. The maximum Gasteiger partial charge on any atom is 0.132 e. The molecule has 1 rings (SSSR count). The van der Waals surface area contributed by atoms with Crippen LogP contribution in [0.2, 0.25) is 0 Å². The summed E-state index contributed by atoms with van der Waals surface area (Å²) in [5.41, 5.74) is 2.52. The zero-order valence-corrected chi connectivity index (χ0v) is 12.0. The van der Waals surface area contributed by atoms with Crippen molar-refractivity contribution in [3.05, 3.63) is 29.3 Å². The van der Waals surface area contributed by atoms with Crippen molar-refractivity contribution in [2.75, 3.05) is 7.11 Å². The first-order chi connectivity index (χ1) is 8.63. The van der Waals surface area contributed by atoms with Crippen LogP contribution in [0.15, 0.2) is 18.2 Å². The fraction of sp³-hybridized carbons (Fsp3) is 0.562. The predicted molar refractivity (Wildman–Crippen MR) is 75.3 cm³/mol. The second-order valence-electron chi connectivity index (χ2n) is 4.73. The standard InChI is InChI=1S/C16H24O2/c1-5-13(10-11-14(17)6-2)16-12(3)8-7-9-15(16)18-4/h7-9,13H,5-6,10-11H2,1-4H3. The summed E-state index contributed by atoms with van der Waals surface area (Å²) in [5, 5.41) is 0. The molecule has 1 aromatic rings. The minimum absolute atomic E-state index is 0.348. The lowest BCUT2D eigenvalue weighted by atomic mass is 9.87. The van der Waals surface area contributed by atoms with E-state index in [1.807, 2.05) is 19.1 Å². The summed E-state index contributed by atoms with van der Waals surface area (Å²) in [5.74, 6) is 1.71. The number of Topliss-reactive ketones (excluding diaryl/α,β-unsaturated/α-hetero) is 1. The second kappa shape index (κ2) is 7.20. The summed E-state index contributed by atoms with van der Waals surface area (Å²) in [6.45, 7) is 6.22. The van der Waals surface area contributed by atoms with Gasteiger partial charge in [0.1, 0.15) is 11.5 Å². The van der Waals surface area contributed by atoms with Gasteiger partial charge in [-0.2, -0.15) is 0 Å². The molecule has 0 saturated carbocycles. The van der Waals surface area contributed by atoms with Gasteiger partial charge in [-0.3, -0.25) is 4.79 Å². The summed E-state index contributed by atoms with van der Waals surface area (Å²) in [7, 11) is 1.71. The van der Waals surface area contributed by atoms with Gasteiger partial charge in [-0.25, -0.2) is 0 Å². The van der Waals surface area contributed by atoms with Gasteiger partial charge in [-0.05, 0) is 37.3 Å². The zero-order chi connectivity index (χ0) is 13.5. The molecule has 0 aliphatic rings. The SMILES string of the molecule is CCC(=O)CCC(CC)c1c(C)cccc1OC. The topological polar surface area (TPSA) is 26.3 Å². The summed E-state index contributed by atoms with van der Waals surface area (Å²) in [6.07, 6.45) is 3.27. The number of methoxy groups -OCH3 is 1. The highest BCUT2D eigenvalue weighted by molar-refractivity contribution is 5.78. The minimum atomic E-state index is 0.348. The van der Waals surface area contributed by atoms with E-state index in [9.17, 15) is 4.79 Å². The number of carbonyl (C=O) groups excluding carboxylic acids is 1. The molecule has 2 nitrogen and oxygen atoms in total. The van der Waals surface area contributed by atoms with Crippen LogP contribution in [0.1, 0.15) is 56.6 Å². The van der Waals surface area contributed by atoms with Crippen LogP contribution in [-0.2, 0) is 4.79 Å². The first kappa shape index (κ1) is 14.7. The molecular formula is C16H24O2. The van der Waals surface area contributed by atoms with Crippen molar-refractivity contribution in [3.8, 4) is 5.75 Å². The number of hydrogen-bond donors (Lipinski definition) is 0. The number of rotatable bonds is 7. The maximum atomic E-state index is 11.5. The fourth-order valence-electron chi connectivity index (χ4n) is 2.42. The van der Waals surface area contributed by atoms with E-state index in [1.54, 1.807) is 7.11 Å². The van der Waals surface area contributed by atoms with E-state index in [0.717, 1.165) is 18.6 Å². The summed E-state index contributed by atoms with van der Waals surface area (Å²) in [4.78, 5) is 11.5. The van der Waals surface area contributed by atoms with Crippen molar-refractivity contribution in [3.63, 3.8) is 0 Å². The van der Waals surface area contributed by atoms with Crippen LogP contribution >= 0.6 is 0 Å². The van der Waals surface area contributed by atoms with Gasteiger partial charge in [0.2, 0.25) is 0 Å². The molecule has 18 heavy (non-hydrogen) atoms. The van der Waals surface area contributed by atoms with Crippen LogP contribution in [0.3, 0.4) is 0 Å². The molecule has 1 unspecified atom stereocenters. The fourth-order valence-corrected chi connectivity index (χ4v) is 2.42. The first-order valence-electron chi connectivity index (χ1n) is 6.79. The van der Waals surface area contributed by atoms with Gasteiger partial charge in [-0.15, -0.1) is 0 Å². The third-order valence-corrected chi connectivity index (χ3v) is 3.57. The van der Waals surface area contributed by atoms with E-state index in [-0.39, 0.29) is 0 Å². The van der Waals surface area contributed by atoms with E-state index in [1.165, 1.54) is 11.1 Å². The molecule has 0 aliphatic carbocycles. The van der Waals surface area contributed by atoms with Crippen LogP contribution in [0.4, 0.5) is 0 Å². The smallest absolute Gasteiger partial charge is 0.132 e. The molecule has 100 valence electrons. The summed E-state index contributed by atoms with van der Waals surface area (Å²) >= 11 is 0. The predicted octanol–water partition coefficient (Wildman–Crippen LogP) is 4.26. The first-order valence-corrected chi connectivity index (χ1v) is 6.79. The highest BCUT2D eigenvalue weighted by Gasteiger charge is 2.17. The number of carbonyl (C=O) groups is 1. The molecule has 0 fully saturated rings. The van der Waals surface area contributed by atoms with Gasteiger partial charge in [0.15, 0.2) is 0 Å². The van der Waals surface area contributed by atoms with Crippen molar-refractivity contribution in [2.45, 2.75) is 52.4 Å². The van der Waals surface area contributed by atoms with Crippen molar-refractivity contribution in [2.24, 2.45) is 0 Å². The van der Waals surface area contributed by atoms with E-state index >= 15 is 0 Å². The van der Waals surface area contributed by atoms with Gasteiger partial charge in [0, 0.05) is 18.4 Å². The van der Waals surface area contributed by atoms with E-state index < -0.39 is 0 Å². The van der Waals surface area contributed by atoms with Crippen LogP contribution in [0, 0.1) is 6.92 Å². The third kappa shape index (κ3) is 3.59. The Kier molecular flexibility index (Phi) is 5.90. The molecule has 0 saturated heterocycles. The van der Waals surface area contributed by atoms with Crippen molar-refractivity contribution in [1.29, 1.82) is 0 Å². The number of ether oxygens (including phenoxy) is 1. The summed E-state index contributed by atoms with van der Waals surface area (Å²) < 4.78 is 5.46. The monoisotopic (exact) mass is 248 g/mol. The lowest BCUT2D eigenvalue weighted by Crippen LogP contribution is -2.06. The molecule has 1 aromatic carbocycles. The molecule has 0 bridgehead atoms. The molecular weight excluding hydrogens is 224 g/mol. The van der Waals surface area contributed by atoms with Gasteiger partial charge >= 0.3 is 0 Å². The Labute approximate surface area is 110 Å². The molecule has 0 N–H and O–H groups in total. The van der Waals surface area contributed by atoms with Crippen molar-refractivity contribution in [1.82, 2.24) is 0 Å². The Balaban J connectivity index is 2.90. The summed E-state index contributed by atoms with van der Waals surface area (Å²) in [6, 6.07) is 6.14. The molecule has 2 heteroatoms. The van der Waals surface area contributed by atoms with E-state index in [2.05, 4.69) is 19.9 Å². The number of ketones is 1. The molecule has 1 atom stereocenters. The maximum absolute atomic E-state index is 11.5. The lowest BCUT2D eigenvalue weighted by molar-refractivity contribution is -0.118. The van der Waals surface area contributed by atoms with Gasteiger partial charge in [-0.1, -0.05) is 26.0 Å². The number of hydrogen-bond acceptors (Lipinski definition) is 2. The van der Waals surface area contributed by atoms with Crippen LogP contribution in [0.5, 0.6) is 5.75 Å². The zero-order valence-electron chi connectivity index (χ0n) is 12.0. The number of aryl methyl sites for hydroxylation is 1. The van der Waals surface area contributed by atoms with E-state index in [0.29, 0.717) is 24.5 Å². The molecule has 0 amide bonds. The van der Waals surface area contributed by atoms with E-state index in [4.69, 9.17) is 4.74 Å². The molecule has 0 spiro atoms. The third-order valence-electron chi connectivity index (χ3n) is 3.57. The lowest BCUT2D eigenvalue weighted by Gasteiger charge is -2.20. The number of benzene rings is 1. The molecule has 0 heterocycles. The average Bonchev–Trinajstić information content (AvgIpc) is 2.40. The van der Waals surface area contributed by atoms with Crippen LogP contribution in [-0.4, -0.2) is 12.9 Å². The highest BCUT2D eigenvalue weighted by Crippen LogP contribution is 2.34. The van der Waals surface area contributed by atoms with Crippen LogP contribution in [0.25, 0.3) is 0 Å². The minimum Gasteiger partial charge on any atom is -0.496 e. The largest absolute Gasteiger partial charge is 0.496 e. The average molecular weight is 248 g/mol. The Morgan fingerprint density at radius 1 is 1.33 bits per heavy atom. The quantitative estimate of drug-likeness (QED) is 0.720. The van der Waals surface area contributed by atoms with Crippen molar-refractivity contribution < 1.29 is 9.53 Å². The molecule has 0 radical (unpaired) electrons. The Morgan fingerprint density at radius 3 is 2.61 bits per heavy atom. The van der Waals surface area contributed by atoms with Crippen molar-refractivity contribution >= 4 is 5.78 Å². The Hall–Kier alpha value is -1.31. The van der Waals surface area contributed by atoms with Gasteiger partial charge in [0.05, 0.1) is 7.11 Å². The highest BCUT2D eigenvalue weighted by atomic mass is 16.5. The Morgan fingerprint density at radius 2 is 2.06 bits per heavy atom. The van der Waals surface area contributed by atoms with Crippen LogP contribution < -0.4 is 4.74 Å². The Bertz CT molecular complexity index is 396. The van der Waals surface area contributed by atoms with Gasteiger partial charge in [0.25, 0.3) is 0 Å². The molecule has 0 aliphatic heterocycles. The van der Waals surface area contributed by atoms with Gasteiger partial charge < -0.3 is 4.74 Å².